The molecule has 0 amide bonds. The van der Waals surface area contributed by atoms with Gasteiger partial charge in [-0.15, -0.1) is 0 Å². The van der Waals surface area contributed by atoms with Gasteiger partial charge in [-0.3, -0.25) is 4.98 Å². The molecule has 0 aliphatic heterocycles. The highest BCUT2D eigenvalue weighted by Crippen LogP contribution is 2.10. The Morgan fingerprint density at radius 1 is 1.57 bits per heavy atom. The summed E-state index contributed by atoms with van der Waals surface area (Å²) in [6, 6.07) is 1.41. The third-order valence-corrected chi connectivity index (χ3v) is 3.38. The van der Waals surface area contributed by atoms with E-state index in [2.05, 4.69) is 10.1 Å². The Bertz CT molecular complexity index is 440. The predicted octanol–water partition coefficient (Wildman–Crippen LogP) is 0.683. The van der Waals surface area contributed by atoms with Crippen molar-refractivity contribution in [2.45, 2.75) is 11.8 Å². The van der Waals surface area contributed by atoms with Crippen LogP contribution in [0.5, 0.6) is 0 Å². The minimum Gasteiger partial charge on any atom is -0.411 e. The van der Waals surface area contributed by atoms with E-state index in [0.717, 1.165) is 6.21 Å². The summed E-state index contributed by atoms with van der Waals surface area (Å²) in [4.78, 5) is 3.87. The SMILES string of the molecule is CCS(=O)(=O)c1cncc(C=NO)c1. The first-order valence-corrected chi connectivity index (χ1v) is 5.60. The van der Waals surface area contributed by atoms with Gasteiger partial charge < -0.3 is 5.21 Å². The summed E-state index contributed by atoms with van der Waals surface area (Å²) in [6.45, 7) is 1.56. The van der Waals surface area contributed by atoms with Crippen LogP contribution >= 0.6 is 0 Å². The summed E-state index contributed by atoms with van der Waals surface area (Å²) < 4.78 is 22.8. The Hall–Kier alpha value is -1.43. The molecule has 0 bridgehead atoms. The quantitative estimate of drug-likeness (QED) is 0.456. The first-order chi connectivity index (χ1) is 6.60. The number of aromatic nitrogens is 1. The van der Waals surface area contributed by atoms with Gasteiger partial charge in [0, 0.05) is 18.0 Å². The van der Waals surface area contributed by atoms with Crippen molar-refractivity contribution in [2.75, 3.05) is 5.75 Å². The largest absolute Gasteiger partial charge is 0.411 e. The van der Waals surface area contributed by atoms with Crippen LogP contribution in [0.15, 0.2) is 28.5 Å². The number of nitrogens with zero attached hydrogens (tertiary/aromatic N) is 2. The van der Waals surface area contributed by atoms with E-state index >= 15 is 0 Å². The Morgan fingerprint density at radius 2 is 2.29 bits per heavy atom. The second-order valence-electron chi connectivity index (χ2n) is 2.60. The molecule has 1 N–H and O–H groups in total. The molecule has 6 heteroatoms. The number of hydrogen-bond donors (Lipinski definition) is 1. The molecule has 0 atom stereocenters. The number of oxime groups is 1. The van der Waals surface area contributed by atoms with Gasteiger partial charge in [0.1, 0.15) is 0 Å². The average Bonchev–Trinajstić information content (AvgIpc) is 2.19. The molecule has 0 aromatic carbocycles. The highest BCUT2D eigenvalue weighted by Gasteiger charge is 2.11. The molecule has 0 radical (unpaired) electrons. The number of hydrogen-bond acceptors (Lipinski definition) is 5. The molecule has 0 saturated carbocycles. The molecule has 1 aromatic heterocycles. The summed E-state index contributed by atoms with van der Waals surface area (Å²) in [7, 11) is -3.24. The molecule has 0 aliphatic rings. The fourth-order valence-electron chi connectivity index (χ4n) is 0.910. The molecule has 0 saturated heterocycles. The van der Waals surface area contributed by atoms with Gasteiger partial charge in [0.25, 0.3) is 0 Å². The number of rotatable bonds is 3. The maximum Gasteiger partial charge on any atom is 0.179 e. The molecule has 0 spiro atoms. The molecule has 0 unspecified atom stereocenters. The standard InChI is InChI=1S/C8H10N2O3S/c1-2-14(12,13)8-3-7(5-10-11)4-9-6-8/h3-6,11H,2H2,1H3. The van der Waals surface area contributed by atoms with E-state index in [4.69, 9.17) is 5.21 Å². The van der Waals surface area contributed by atoms with Gasteiger partial charge >= 0.3 is 0 Å². The van der Waals surface area contributed by atoms with E-state index in [9.17, 15) is 8.42 Å². The first-order valence-electron chi connectivity index (χ1n) is 3.95. The number of pyridine rings is 1. The van der Waals surface area contributed by atoms with Crippen LogP contribution in [0, 0.1) is 0 Å². The lowest BCUT2D eigenvalue weighted by Gasteiger charge is -2.00. The van der Waals surface area contributed by atoms with Crippen LogP contribution in [-0.4, -0.2) is 30.6 Å². The second-order valence-corrected chi connectivity index (χ2v) is 4.88. The van der Waals surface area contributed by atoms with Crippen molar-refractivity contribution < 1.29 is 13.6 Å². The first kappa shape index (κ1) is 10.6. The lowest BCUT2D eigenvalue weighted by Crippen LogP contribution is -2.04. The van der Waals surface area contributed by atoms with E-state index < -0.39 is 9.84 Å². The fraction of sp³-hybridized carbons (Fsp3) is 0.250. The molecule has 1 aromatic rings. The van der Waals surface area contributed by atoms with Crippen molar-refractivity contribution in [3.63, 3.8) is 0 Å². The summed E-state index contributed by atoms with van der Waals surface area (Å²) in [5.41, 5.74) is 0.446. The normalized spacial score (nSPS) is 12.1. The summed E-state index contributed by atoms with van der Waals surface area (Å²) in [6.07, 6.45) is 3.81. The van der Waals surface area contributed by atoms with Crippen LogP contribution in [0.4, 0.5) is 0 Å². The molecular formula is C8H10N2O3S. The zero-order valence-corrected chi connectivity index (χ0v) is 8.40. The van der Waals surface area contributed by atoms with Crippen LogP contribution in [0.25, 0.3) is 0 Å². The number of sulfone groups is 1. The monoisotopic (exact) mass is 214 g/mol. The maximum absolute atomic E-state index is 11.4. The molecular weight excluding hydrogens is 204 g/mol. The van der Waals surface area contributed by atoms with Gasteiger partial charge in [0.2, 0.25) is 0 Å². The topological polar surface area (TPSA) is 79.6 Å². The van der Waals surface area contributed by atoms with Crippen molar-refractivity contribution in [3.05, 3.63) is 24.0 Å². The fourth-order valence-corrected chi connectivity index (χ4v) is 1.78. The van der Waals surface area contributed by atoms with Crippen molar-refractivity contribution in [1.82, 2.24) is 4.98 Å². The summed E-state index contributed by atoms with van der Waals surface area (Å²) in [5.74, 6) is 0.0222. The van der Waals surface area contributed by atoms with Gasteiger partial charge in [-0.05, 0) is 6.07 Å². The average molecular weight is 214 g/mol. The third-order valence-electron chi connectivity index (χ3n) is 1.68. The van der Waals surface area contributed by atoms with E-state index in [0.29, 0.717) is 5.56 Å². The summed E-state index contributed by atoms with van der Waals surface area (Å²) in [5, 5.41) is 11.1. The minimum absolute atomic E-state index is 0.0222. The molecule has 76 valence electrons. The van der Waals surface area contributed by atoms with Crippen LogP contribution in [0.1, 0.15) is 12.5 Å². The van der Waals surface area contributed by atoms with E-state index in [1.807, 2.05) is 0 Å². The van der Waals surface area contributed by atoms with Crippen LogP contribution in [0.3, 0.4) is 0 Å². The Morgan fingerprint density at radius 3 is 2.86 bits per heavy atom. The van der Waals surface area contributed by atoms with E-state index in [1.54, 1.807) is 6.92 Å². The Kier molecular flexibility index (Phi) is 3.19. The van der Waals surface area contributed by atoms with Gasteiger partial charge in [-0.25, -0.2) is 8.42 Å². The molecule has 1 rings (SSSR count). The van der Waals surface area contributed by atoms with Gasteiger partial charge in [-0.2, -0.15) is 0 Å². The lowest BCUT2D eigenvalue weighted by molar-refractivity contribution is 0.322. The minimum atomic E-state index is -3.24. The predicted molar refractivity (Wildman–Crippen MR) is 51.3 cm³/mol. The van der Waals surface area contributed by atoms with Crippen molar-refractivity contribution in [3.8, 4) is 0 Å². The van der Waals surface area contributed by atoms with E-state index in [1.165, 1.54) is 18.5 Å². The zero-order valence-electron chi connectivity index (χ0n) is 7.58. The van der Waals surface area contributed by atoms with Gasteiger partial charge in [0.05, 0.1) is 16.9 Å². The molecule has 0 fully saturated rings. The molecule has 0 aliphatic carbocycles. The third kappa shape index (κ3) is 2.29. The highest BCUT2D eigenvalue weighted by atomic mass is 32.2. The smallest absolute Gasteiger partial charge is 0.179 e. The molecule has 1 heterocycles. The molecule has 14 heavy (non-hydrogen) atoms. The van der Waals surface area contributed by atoms with Crippen LogP contribution < -0.4 is 0 Å². The van der Waals surface area contributed by atoms with Crippen molar-refractivity contribution >= 4 is 16.1 Å². The van der Waals surface area contributed by atoms with Crippen LogP contribution in [-0.2, 0) is 9.84 Å². The molecule has 5 nitrogen and oxygen atoms in total. The second kappa shape index (κ2) is 4.19. The van der Waals surface area contributed by atoms with E-state index in [-0.39, 0.29) is 10.6 Å². The van der Waals surface area contributed by atoms with Crippen LogP contribution in [0.2, 0.25) is 0 Å². The maximum atomic E-state index is 11.4. The Labute approximate surface area is 82.0 Å². The van der Waals surface area contributed by atoms with Gasteiger partial charge in [0.15, 0.2) is 9.84 Å². The summed E-state index contributed by atoms with van der Waals surface area (Å²) >= 11 is 0. The van der Waals surface area contributed by atoms with Gasteiger partial charge in [-0.1, -0.05) is 12.1 Å². The lowest BCUT2D eigenvalue weighted by atomic mass is 10.3. The zero-order chi connectivity index (χ0) is 10.6. The van der Waals surface area contributed by atoms with Crippen molar-refractivity contribution in [1.29, 1.82) is 0 Å². The highest BCUT2D eigenvalue weighted by molar-refractivity contribution is 7.91. The van der Waals surface area contributed by atoms with Crippen molar-refractivity contribution in [2.24, 2.45) is 5.16 Å². The Balaban J connectivity index is 3.19.